The van der Waals surface area contributed by atoms with E-state index in [4.69, 9.17) is 9.97 Å². The van der Waals surface area contributed by atoms with Crippen molar-refractivity contribution in [3.8, 4) is 62.2 Å². The molecule has 1 aliphatic carbocycles. The molecule has 0 unspecified atom stereocenters. The van der Waals surface area contributed by atoms with Crippen LogP contribution >= 0.6 is 0 Å². The molecule has 0 spiro atoms. The van der Waals surface area contributed by atoms with Crippen LogP contribution in [0.4, 0.5) is 0 Å². The smallest absolute Gasteiger partial charge is 0.160 e. The second kappa shape index (κ2) is 12.5. The van der Waals surface area contributed by atoms with E-state index in [2.05, 4.69) is 152 Å². The predicted octanol–water partition coefficient (Wildman–Crippen LogP) is 11.4. The Morgan fingerprint density at radius 3 is 1.59 bits per heavy atom. The van der Waals surface area contributed by atoms with E-state index in [0.29, 0.717) is 11.4 Å². The zero-order valence-electron chi connectivity index (χ0n) is 27.7. The van der Waals surface area contributed by atoms with Crippen LogP contribution in [0.2, 0.25) is 0 Å². The highest BCUT2D eigenvalue weighted by Crippen LogP contribution is 2.56. The number of hydrogen-bond acceptors (Lipinski definition) is 3. The summed E-state index contributed by atoms with van der Waals surface area (Å²) in [5, 5.41) is 10.0. The molecule has 1 heterocycles. The maximum Gasteiger partial charge on any atom is 0.160 e. The van der Waals surface area contributed by atoms with Gasteiger partial charge in [-0.15, -0.1) is 0 Å². The Morgan fingerprint density at radius 1 is 0.392 bits per heavy atom. The minimum atomic E-state index is -0.566. The van der Waals surface area contributed by atoms with Crippen molar-refractivity contribution in [3.05, 3.63) is 216 Å². The molecule has 3 nitrogen and oxygen atoms in total. The normalized spacial score (nSPS) is 12.5. The highest BCUT2D eigenvalue weighted by atomic mass is 14.9. The Bertz CT molecular complexity index is 2470. The van der Waals surface area contributed by atoms with Crippen LogP contribution < -0.4 is 0 Å². The van der Waals surface area contributed by atoms with Gasteiger partial charge in [-0.2, -0.15) is 5.26 Å². The van der Waals surface area contributed by atoms with Crippen LogP contribution in [-0.2, 0) is 5.41 Å². The Balaban J connectivity index is 1.21. The minimum Gasteiger partial charge on any atom is -0.228 e. The maximum absolute atomic E-state index is 10.0. The van der Waals surface area contributed by atoms with Gasteiger partial charge in [0.25, 0.3) is 0 Å². The van der Waals surface area contributed by atoms with E-state index >= 15 is 0 Å². The lowest BCUT2D eigenvalue weighted by atomic mass is 9.67. The molecule has 7 aromatic carbocycles. The fourth-order valence-corrected chi connectivity index (χ4v) is 7.67. The third-order valence-corrected chi connectivity index (χ3v) is 10.00. The van der Waals surface area contributed by atoms with Gasteiger partial charge in [-0.05, 0) is 74.8 Å². The standard InChI is InChI=1S/C48H31N3/c49-32-33-24-26-41-42-30-37(25-27-43(42)48(44(41)28-33,39-20-9-3-10-21-39)40-22-11-4-12-23-40)36-18-13-19-38(29-36)46-31-45(34-14-5-1-6-15-34)50-47(51-46)35-16-7-2-8-17-35/h1-31H. The van der Waals surface area contributed by atoms with E-state index in [-0.39, 0.29) is 0 Å². The third-order valence-electron chi connectivity index (χ3n) is 10.00. The van der Waals surface area contributed by atoms with Crippen molar-refractivity contribution >= 4 is 0 Å². The Kier molecular flexibility index (Phi) is 7.42. The molecule has 51 heavy (non-hydrogen) atoms. The quantitative estimate of drug-likeness (QED) is 0.180. The molecule has 3 heteroatoms. The maximum atomic E-state index is 10.0. The number of nitrogens with zero attached hydrogens (tertiary/aromatic N) is 3. The summed E-state index contributed by atoms with van der Waals surface area (Å²) in [6.07, 6.45) is 0. The van der Waals surface area contributed by atoms with E-state index in [1.54, 1.807) is 0 Å². The molecule has 0 saturated carbocycles. The summed E-state index contributed by atoms with van der Waals surface area (Å²) in [5.41, 5.74) is 14.1. The molecule has 0 atom stereocenters. The van der Waals surface area contributed by atoms with E-state index in [0.717, 1.165) is 50.3 Å². The fraction of sp³-hybridized carbons (Fsp3) is 0.0208. The van der Waals surface area contributed by atoms with E-state index < -0.39 is 5.41 Å². The fourth-order valence-electron chi connectivity index (χ4n) is 7.67. The molecule has 238 valence electrons. The van der Waals surface area contributed by atoms with Gasteiger partial charge in [0.2, 0.25) is 0 Å². The van der Waals surface area contributed by atoms with Crippen molar-refractivity contribution in [1.82, 2.24) is 9.97 Å². The zero-order chi connectivity index (χ0) is 34.2. The summed E-state index contributed by atoms with van der Waals surface area (Å²) >= 11 is 0. The van der Waals surface area contributed by atoms with Crippen LogP contribution in [0.15, 0.2) is 188 Å². The lowest BCUT2D eigenvalue weighted by molar-refractivity contribution is 0.768. The third kappa shape index (κ3) is 5.14. The summed E-state index contributed by atoms with van der Waals surface area (Å²) in [4.78, 5) is 10.1. The lowest BCUT2D eigenvalue weighted by Crippen LogP contribution is -2.28. The average Bonchev–Trinajstić information content (AvgIpc) is 3.51. The van der Waals surface area contributed by atoms with Crippen LogP contribution in [0.1, 0.15) is 27.8 Å². The summed E-state index contributed by atoms with van der Waals surface area (Å²) < 4.78 is 0. The molecule has 0 N–H and O–H groups in total. The number of hydrogen-bond donors (Lipinski definition) is 0. The van der Waals surface area contributed by atoms with Gasteiger partial charge in [0, 0.05) is 16.7 Å². The van der Waals surface area contributed by atoms with Crippen LogP contribution in [0.3, 0.4) is 0 Å². The Hall–Kier alpha value is -6.89. The summed E-state index contributed by atoms with van der Waals surface area (Å²) in [7, 11) is 0. The van der Waals surface area contributed by atoms with Crippen LogP contribution in [-0.4, -0.2) is 9.97 Å². The second-order valence-corrected chi connectivity index (χ2v) is 12.9. The number of nitriles is 1. The number of aromatic nitrogens is 2. The highest BCUT2D eigenvalue weighted by molar-refractivity contribution is 5.89. The zero-order valence-corrected chi connectivity index (χ0v) is 27.7. The molecule has 0 aliphatic heterocycles. The largest absolute Gasteiger partial charge is 0.228 e. The van der Waals surface area contributed by atoms with Crippen molar-refractivity contribution in [3.63, 3.8) is 0 Å². The summed E-state index contributed by atoms with van der Waals surface area (Å²) in [6.45, 7) is 0. The van der Waals surface area contributed by atoms with Crippen molar-refractivity contribution in [2.24, 2.45) is 0 Å². The molecule has 0 bridgehead atoms. The molecular formula is C48H31N3. The molecule has 0 fully saturated rings. The van der Waals surface area contributed by atoms with Gasteiger partial charge in [0.15, 0.2) is 5.82 Å². The van der Waals surface area contributed by atoms with E-state index in [1.807, 2.05) is 42.5 Å². The van der Waals surface area contributed by atoms with Gasteiger partial charge < -0.3 is 0 Å². The first-order chi connectivity index (χ1) is 25.2. The van der Waals surface area contributed by atoms with Crippen molar-refractivity contribution < 1.29 is 0 Å². The number of rotatable bonds is 6. The minimum absolute atomic E-state index is 0.566. The molecule has 0 amide bonds. The molecular weight excluding hydrogens is 619 g/mol. The highest BCUT2D eigenvalue weighted by Gasteiger charge is 2.46. The molecule has 1 aliphatic rings. The second-order valence-electron chi connectivity index (χ2n) is 12.9. The van der Waals surface area contributed by atoms with E-state index in [1.165, 1.54) is 22.3 Å². The average molecular weight is 650 g/mol. The van der Waals surface area contributed by atoms with Gasteiger partial charge >= 0.3 is 0 Å². The van der Waals surface area contributed by atoms with Gasteiger partial charge in [-0.3, -0.25) is 0 Å². The number of fused-ring (bicyclic) bond motifs is 3. The molecule has 8 aromatic rings. The molecule has 9 rings (SSSR count). The van der Waals surface area contributed by atoms with Gasteiger partial charge in [-0.25, -0.2) is 9.97 Å². The van der Waals surface area contributed by atoms with E-state index in [9.17, 15) is 5.26 Å². The van der Waals surface area contributed by atoms with Gasteiger partial charge in [0.05, 0.1) is 28.4 Å². The molecule has 1 aromatic heterocycles. The Morgan fingerprint density at radius 2 is 0.941 bits per heavy atom. The van der Waals surface area contributed by atoms with Gasteiger partial charge in [-0.1, -0.05) is 158 Å². The van der Waals surface area contributed by atoms with Crippen molar-refractivity contribution in [2.75, 3.05) is 0 Å². The number of benzene rings is 7. The molecule has 0 radical (unpaired) electrons. The van der Waals surface area contributed by atoms with Crippen LogP contribution in [0, 0.1) is 11.3 Å². The van der Waals surface area contributed by atoms with Crippen molar-refractivity contribution in [1.29, 1.82) is 5.26 Å². The van der Waals surface area contributed by atoms with Crippen molar-refractivity contribution in [2.45, 2.75) is 5.41 Å². The summed E-state index contributed by atoms with van der Waals surface area (Å²) in [5.74, 6) is 0.696. The monoisotopic (exact) mass is 649 g/mol. The van der Waals surface area contributed by atoms with Gasteiger partial charge in [0.1, 0.15) is 0 Å². The van der Waals surface area contributed by atoms with Crippen LogP contribution in [0.25, 0.3) is 56.2 Å². The first-order valence-electron chi connectivity index (χ1n) is 17.1. The molecule has 0 saturated heterocycles. The SMILES string of the molecule is N#Cc1ccc2c(c1)C(c1ccccc1)(c1ccccc1)c1ccc(-c3cccc(-c4cc(-c5ccccc5)nc(-c5ccccc5)n4)c3)cc1-2. The Labute approximate surface area is 297 Å². The topological polar surface area (TPSA) is 49.6 Å². The first-order valence-corrected chi connectivity index (χ1v) is 17.1. The van der Waals surface area contributed by atoms with Crippen LogP contribution in [0.5, 0.6) is 0 Å². The lowest BCUT2D eigenvalue weighted by Gasteiger charge is -2.34. The predicted molar refractivity (Wildman–Crippen MR) is 206 cm³/mol. The first kappa shape index (κ1) is 30.2. The summed E-state index contributed by atoms with van der Waals surface area (Å²) in [6, 6.07) is 67.9.